The van der Waals surface area contributed by atoms with E-state index >= 15 is 0 Å². The highest BCUT2D eigenvalue weighted by atomic mass is 32.2. The Balaban J connectivity index is 2.99. The highest BCUT2D eigenvalue weighted by molar-refractivity contribution is 7.89. The minimum Gasteiger partial charge on any atom is -0.385 e. The summed E-state index contributed by atoms with van der Waals surface area (Å²) >= 11 is 0. The van der Waals surface area contributed by atoms with Crippen molar-refractivity contribution in [3.8, 4) is 0 Å². The minimum atomic E-state index is -3.68. The molecule has 0 saturated carbocycles. The summed E-state index contributed by atoms with van der Waals surface area (Å²) in [5.41, 5.74) is -0.419. The van der Waals surface area contributed by atoms with E-state index in [-0.39, 0.29) is 17.3 Å². The van der Waals surface area contributed by atoms with Gasteiger partial charge in [-0.05, 0) is 12.5 Å². The van der Waals surface area contributed by atoms with Crippen molar-refractivity contribution in [2.24, 2.45) is 0 Å². The molecule has 0 aromatic carbocycles. The van der Waals surface area contributed by atoms with Crippen LogP contribution in [0.25, 0.3) is 0 Å². The summed E-state index contributed by atoms with van der Waals surface area (Å²) in [5.74, 6) is -0.268. The van der Waals surface area contributed by atoms with E-state index in [1.165, 1.54) is 27.5 Å². The van der Waals surface area contributed by atoms with E-state index in [4.69, 9.17) is 4.74 Å². The standard InChI is InChI=1S/C16H27N3O5S/c1-5-19(6-2)25(22,23)14-8-9-15(20)18(12-14)13-16(21)17(3)10-7-11-24-4/h8-9,12H,5-7,10-11,13H2,1-4H3. The lowest BCUT2D eigenvalue weighted by Crippen LogP contribution is -2.35. The molecular formula is C16H27N3O5S. The SMILES string of the molecule is CCN(CC)S(=O)(=O)c1ccc(=O)n(CC(=O)N(C)CCCOC)c1. The molecule has 8 nitrogen and oxygen atoms in total. The average Bonchev–Trinajstić information content (AvgIpc) is 2.57. The molecule has 0 spiro atoms. The molecule has 0 radical (unpaired) electrons. The molecule has 0 aliphatic carbocycles. The Morgan fingerprint density at radius 2 is 1.88 bits per heavy atom. The van der Waals surface area contributed by atoms with Crippen molar-refractivity contribution >= 4 is 15.9 Å². The van der Waals surface area contributed by atoms with Crippen LogP contribution in [-0.4, -0.2) is 68.5 Å². The van der Waals surface area contributed by atoms with Crippen LogP contribution >= 0.6 is 0 Å². The minimum absolute atomic E-state index is 0.00522. The molecule has 0 aliphatic heterocycles. The summed E-state index contributed by atoms with van der Waals surface area (Å²) < 4.78 is 32.5. The Bertz CT molecular complexity index is 726. The van der Waals surface area contributed by atoms with E-state index in [0.717, 1.165) is 4.57 Å². The van der Waals surface area contributed by atoms with Crippen LogP contribution in [-0.2, 0) is 26.1 Å². The number of hydrogen-bond acceptors (Lipinski definition) is 5. The molecule has 0 fully saturated rings. The van der Waals surface area contributed by atoms with Gasteiger partial charge in [-0.15, -0.1) is 0 Å². The highest BCUT2D eigenvalue weighted by Crippen LogP contribution is 2.13. The first-order chi connectivity index (χ1) is 11.8. The van der Waals surface area contributed by atoms with Crippen LogP contribution in [0.4, 0.5) is 0 Å². The molecule has 0 saturated heterocycles. The number of carbonyl (C=O) groups excluding carboxylic acids is 1. The van der Waals surface area contributed by atoms with Crippen LogP contribution < -0.4 is 5.56 Å². The van der Waals surface area contributed by atoms with Gasteiger partial charge in [0.2, 0.25) is 15.9 Å². The number of rotatable bonds is 10. The molecule has 25 heavy (non-hydrogen) atoms. The third-order valence-corrected chi connectivity index (χ3v) is 5.91. The molecular weight excluding hydrogens is 346 g/mol. The fraction of sp³-hybridized carbons (Fsp3) is 0.625. The zero-order valence-corrected chi connectivity index (χ0v) is 16.1. The van der Waals surface area contributed by atoms with Gasteiger partial charge in [-0.25, -0.2) is 8.42 Å². The molecule has 0 unspecified atom stereocenters. The number of likely N-dealkylation sites (N-methyl/N-ethyl adjacent to an activating group) is 1. The quantitative estimate of drug-likeness (QED) is 0.553. The summed E-state index contributed by atoms with van der Waals surface area (Å²) in [6.07, 6.45) is 1.92. The van der Waals surface area contributed by atoms with E-state index in [2.05, 4.69) is 0 Å². The van der Waals surface area contributed by atoms with Crippen LogP contribution in [0.3, 0.4) is 0 Å². The molecule has 0 N–H and O–H groups in total. The number of pyridine rings is 1. The van der Waals surface area contributed by atoms with Crippen LogP contribution in [0.1, 0.15) is 20.3 Å². The van der Waals surface area contributed by atoms with Crippen LogP contribution in [0.2, 0.25) is 0 Å². The normalized spacial score (nSPS) is 11.7. The molecule has 0 aliphatic rings. The van der Waals surface area contributed by atoms with Crippen molar-refractivity contribution in [1.29, 1.82) is 0 Å². The molecule has 142 valence electrons. The Labute approximate surface area is 149 Å². The zero-order chi connectivity index (χ0) is 19.0. The molecule has 1 rings (SSSR count). The first kappa shape index (κ1) is 21.3. The topological polar surface area (TPSA) is 88.9 Å². The van der Waals surface area contributed by atoms with E-state index in [0.29, 0.717) is 32.7 Å². The fourth-order valence-electron chi connectivity index (χ4n) is 2.34. The van der Waals surface area contributed by atoms with Crippen molar-refractivity contribution in [3.05, 3.63) is 28.7 Å². The van der Waals surface area contributed by atoms with Gasteiger partial charge in [0, 0.05) is 52.7 Å². The molecule has 1 amide bonds. The van der Waals surface area contributed by atoms with Gasteiger partial charge in [-0.1, -0.05) is 13.8 Å². The van der Waals surface area contributed by atoms with E-state index < -0.39 is 15.6 Å². The van der Waals surface area contributed by atoms with Crippen molar-refractivity contribution < 1.29 is 17.9 Å². The van der Waals surface area contributed by atoms with Crippen LogP contribution in [0.15, 0.2) is 28.0 Å². The molecule has 1 aromatic rings. The number of nitrogens with zero attached hydrogens (tertiary/aromatic N) is 3. The van der Waals surface area contributed by atoms with Gasteiger partial charge >= 0.3 is 0 Å². The maximum absolute atomic E-state index is 12.6. The number of aromatic nitrogens is 1. The van der Waals surface area contributed by atoms with Gasteiger partial charge in [-0.2, -0.15) is 4.31 Å². The Hall–Kier alpha value is -1.71. The van der Waals surface area contributed by atoms with Gasteiger partial charge in [0.05, 0.1) is 4.90 Å². The maximum atomic E-state index is 12.6. The lowest BCUT2D eigenvalue weighted by Gasteiger charge is -2.20. The third kappa shape index (κ3) is 5.65. The Morgan fingerprint density at radius 1 is 1.24 bits per heavy atom. The molecule has 0 bridgehead atoms. The number of ether oxygens (including phenoxy) is 1. The fourth-order valence-corrected chi connectivity index (χ4v) is 3.81. The summed E-state index contributed by atoms with van der Waals surface area (Å²) in [7, 11) is -0.457. The number of carbonyl (C=O) groups is 1. The predicted octanol–water partition coefficient (Wildman–Crippen LogP) is 0.374. The van der Waals surface area contributed by atoms with Gasteiger partial charge in [0.25, 0.3) is 5.56 Å². The van der Waals surface area contributed by atoms with E-state index in [9.17, 15) is 18.0 Å². The van der Waals surface area contributed by atoms with Crippen molar-refractivity contribution in [2.75, 3.05) is 40.4 Å². The van der Waals surface area contributed by atoms with Gasteiger partial charge in [0.15, 0.2) is 0 Å². The predicted molar refractivity (Wildman–Crippen MR) is 94.9 cm³/mol. The largest absolute Gasteiger partial charge is 0.385 e. The third-order valence-electron chi connectivity index (χ3n) is 3.87. The van der Waals surface area contributed by atoms with E-state index in [1.54, 1.807) is 28.0 Å². The number of hydrogen-bond donors (Lipinski definition) is 0. The molecule has 9 heteroatoms. The first-order valence-electron chi connectivity index (χ1n) is 8.21. The summed E-state index contributed by atoms with van der Waals surface area (Å²) in [6.45, 7) is 4.99. The lowest BCUT2D eigenvalue weighted by atomic mass is 10.4. The van der Waals surface area contributed by atoms with Crippen molar-refractivity contribution in [3.63, 3.8) is 0 Å². The van der Waals surface area contributed by atoms with Gasteiger partial charge in [-0.3, -0.25) is 9.59 Å². The first-order valence-corrected chi connectivity index (χ1v) is 9.65. The highest BCUT2D eigenvalue weighted by Gasteiger charge is 2.22. The Morgan fingerprint density at radius 3 is 2.44 bits per heavy atom. The van der Waals surface area contributed by atoms with Crippen LogP contribution in [0, 0.1) is 0 Å². The number of methoxy groups -OCH3 is 1. The smallest absolute Gasteiger partial charge is 0.251 e. The summed E-state index contributed by atoms with van der Waals surface area (Å²) in [4.78, 5) is 25.7. The van der Waals surface area contributed by atoms with Crippen molar-refractivity contribution in [2.45, 2.75) is 31.7 Å². The van der Waals surface area contributed by atoms with Crippen molar-refractivity contribution in [1.82, 2.24) is 13.8 Å². The van der Waals surface area contributed by atoms with Gasteiger partial charge < -0.3 is 14.2 Å². The number of sulfonamides is 1. The Kier molecular flexibility index (Phi) is 8.27. The zero-order valence-electron chi connectivity index (χ0n) is 15.3. The summed E-state index contributed by atoms with van der Waals surface area (Å²) in [5, 5.41) is 0. The van der Waals surface area contributed by atoms with Crippen LogP contribution in [0.5, 0.6) is 0 Å². The maximum Gasteiger partial charge on any atom is 0.251 e. The molecule has 1 heterocycles. The molecule has 0 atom stereocenters. The van der Waals surface area contributed by atoms with E-state index in [1.807, 2.05) is 0 Å². The second kappa shape index (κ2) is 9.69. The number of amides is 1. The lowest BCUT2D eigenvalue weighted by molar-refractivity contribution is -0.130. The second-order valence-electron chi connectivity index (χ2n) is 5.58. The average molecular weight is 373 g/mol. The summed E-state index contributed by atoms with van der Waals surface area (Å²) in [6, 6.07) is 2.45. The molecule has 1 aromatic heterocycles. The second-order valence-corrected chi connectivity index (χ2v) is 7.52. The van der Waals surface area contributed by atoms with Gasteiger partial charge in [0.1, 0.15) is 6.54 Å². The monoisotopic (exact) mass is 373 g/mol.